The van der Waals surface area contributed by atoms with Crippen molar-refractivity contribution < 1.29 is 14.3 Å². The molecule has 0 radical (unpaired) electrons. The van der Waals surface area contributed by atoms with E-state index in [4.69, 9.17) is 4.74 Å². The average molecular weight is 326 g/mol. The van der Waals surface area contributed by atoms with Gasteiger partial charge in [-0.05, 0) is 24.5 Å². The number of carbonyl (C=O) groups excluding carboxylic acids is 2. The molecule has 1 aliphatic rings. The Bertz CT molecular complexity index is 515. The first-order valence-electron chi connectivity index (χ1n) is 6.12. The lowest BCUT2D eigenvalue weighted by atomic mass is 10.1. The molecule has 102 valence electrons. The molecule has 1 fully saturated rings. The zero-order valence-corrected chi connectivity index (χ0v) is 12.6. The monoisotopic (exact) mass is 325 g/mol. The third-order valence-corrected chi connectivity index (χ3v) is 4.25. The van der Waals surface area contributed by atoms with Crippen LogP contribution in [0.15, 0.2) is 18.2 Å². The van der Waals surface area contributed by atoms with Crippen molar-refractivity contribution in [2.24, 2.45) is 5.92 Å². The fourth-order valence-corrected chi connectivity index (χ4v) is 2.83. The van der Waals surface area contributed by atoms with Gasteiger partial charge in [-0.3, -0.25) is 4.79 Å². The predicted molar refractivity (Wildman–Crippen MR) is 76.8 cm³/mol. The van der Waals surface area contributed by atoms with Gasteiger partial charge in [0.25, 0.3) is 0 Å². The van der Waals surface area contributed by atoms with Crippen LogP contribution < -0.4 is 4.90 Å². The van der Waals surface area contributed by atoms with Crippen molar-refractivity contribution in [3.8, 4) is 0 Å². The summed E-state index contributed by atoms with van der Waals surface area (Å²) < 4.78 is 4.79. The van der Waals surface area contributed by atoms with E-state index in [1.807, 2.05) is 13.0 Å². The fraction of sp³-hybridized carbons (Fsp3) is 0.429. The second kappa shape index (κ2) is 5.74. The summed E-state index contributed by atoms with van der Waals surface area (Å²) >= 11 is 3.41. The van der Waals surface area contributed by atoms with Crippen molar-refractivity contribution in [3.05, 3.63) is 29.3 Å². The van der Waals surface area contributed by atoms with Crippen LogP contribution in [-0.4, -0.2) is 30.9 Å². The number of anilines is 1. The van der Waals surface area contributed by atoms with Crippen molar-refractivity contribution in [2.75, 3.05) is 23.9 Å². The average Bonchev–Trinajstić information content (AvgIpc) is 2.78. The molecule has 1 aliphatic heterocycles. The molecule has 0 aliphatic carbocycles. The van der Waals surface area contributed by atoms with Gasteiger partial charge in [-0.2, -0.15) is 0 Å². The number of nitrogens with zero attached hydrogens (tertiary/aromatic N) is 1. The normalized spacial score (nSPS) is 18.8. The van der Waals surface area contributed by atoms with E-state index in [2.05, 4.69) is 15.9 Å². The number of hydrogen-bond donors (Lipinski definition) is 0. The van der Waals surface area contributed by atoms with E-state index in [1.165, 1.54) is 7.11 Å². The highest BCUT2D eigenvalue weighted by atomic mass is 79.9. The molecule has 19 heavy (non-hydrogen) atoms. The SMILES string of the molecule is COC(=O)c1cccc(C)c1N1CC(CBr)CC1=O. The van der Waals surface area contributed by atoms with Crippen molar-refractivity contribution in [1.29, 1.82) is 0 Å². The van der Waals surface area contributed by atoms with E-state index in [0.717, 1.165) is 10.9 Å². The molecule has 1 amide bonds. The quantitative estimate of drug-likeness (QED) is 0.633. The van der Waals surface area contributed by atoms with E-state index >= 15 is 0 Å². The van der Waals surface area contributed by atoms with Crippen LogP contribution in [-0.2, 0) is 9.53 Å². The maximum Gasteiger partial charge on any atom is 0.339 e. The van der Waals surface area contributed by atoms with Gasteiger partial charge in [-0.25, -0.2) is 4.79 Å². The molecule has 1 aromatic carbocycles. The van der Waals surface area contributed by atoms with Gasteiger partial charge in [0.15, 0.2) is 0 Å². The Balaban J connectivity index is 2.44. The Morgan fingerprint density at radius 3 is 2.84 bits per heavy atom. The van der Waals surface area contributed by atoms with E-state index < -0.39 is 5.97 Å². The number of para-hydroxylation sites is 1. The number of hydrogen-bond acceptors (Lipinski definition) is 3. The summed E-state index contributed by atoms with van der Waals surface area (Å²) in [5.74, 6) is -0.0599. The number of methoxy groups -OCH3 is 1. The van der Waals surface area contributed by atoms with Crippen LogP contribution in [0.3, 0.4) is 0 Å². The lowest BCUT2D eigenvalue weighted by molar-refractivity contribution is -0.117. The summed E-state index contributed by atoms with van der Waals surface area (Å²) in [6, 6.07) is 5.40. The van der Waals surface area contributed by atoms with Crippen LogP contribution in [0.4, 0.5) is 5.69 Å². The minimum absolute atomic E-state index is 0.0592. The molecular weight excluding hydrogens is 310 g/mol. The molecule has 1 saturated heterocycles. The van der Waals surface area contributed by atoms with Gasteiger partial charge in [0, 0.05) is 18.3 Å². The predicted octanol–water partition coefficient (Wildman–Crippen LogP) is 2.53. The standard InChI is InChI=1S/C14H16BrNO3/c1-9-4-3-5-11(14(18)19-2)13(9)16-8-10(7-15)6-12(16)17/h3-5,10H,6-8H2,1-2H3. The number of rotatable bonds is 3. The summed E-state index contributed by atoms with van der Waals surface area (Å²) in [5.41, 5.74) is 2.04. The molecule has 2 rings (SSSR count). The van der Waals surface area contributed by atoms with E-state index in [-0.39, 0.29) is 11.8 Å². The molecular formula is C14H16BrNO3. The van der Waals surface area contributed by atoms with Gasteiger partial charge in [-0.1, -0.05) is 28.1 Å². The van der Waals surface area contributed by atoms with Crippen LogP contribution in [0, 0.1) is 12.8 Å². The smallest absolute Gasteiger partial charge is 0.339 e. The van der Waals surface area contributed by atoms with Crippen molar-refractivity contribution in [1.82, 2.24) is 0 Å². The maximum atomic E-state index is 12.1. The van der Waals surface area contributed by atoms with Crippen LogP contribution in [0.1, 0.15) is 22.3 Å². The topological polar surface area (TPSA) is 46.6 Å². The summed E-state index contributed by atoms with van der Waals surface area (Å²) in [6.45, 7) is 2.54. The lowest BCUT2D eigenvalue weighted by Crippen LogP contribution is -2.27. The molecule has 1 unspecified atom stereocenters. The number of esters is 1. The Hall–Kier alpha value is -1.36. The van der Waals surface area contributed by atoms with Crippen molar-refractivity contribution in [3.63, 3.8) is 0 Å². The maximum absolute atomic E-state index is 12.1. The first-order chi connectivity index (χ1) is 9.08. The van der Waals surface area contributed by atoms with Gasteiger partial charge < -0.3 is 9.64 Å². The Labute approximate surface area is 120 Å². The van der Waals surface area contributed by atoms with Crippen molar-refractivity contribution in [2.45, 2.75) is 13.3 Å². The first kappa shape index (κ1) is 14.1. The fourth-order valence-electron chi connectivity index (χ4n) is 2.39. The van der Waals surface area contributed by atoms with Gasteiger partial charge in [0.2, 0.25) is 5.91 Å². The van der Waals surface area contributed by atoms with Crippen LogP contribution in [0.5, 0.6) is 0 Å². The Morgan fingerprint density at radius 1 is 1.53 bits per heavy atom. The summed E-state index contributed by atoms with van der Waals surface area (Å²) in [7, 11) is 1.35. The van der Waals surface area contributed by atoms with Crippen LogP contribution in [0.2, 0.25) is 0 Å². The summed E-state index contributed by atoms with van der Waals surface area (Å²) in [5, 5.41) is 0.786. The van der Waals surface area contributed by atoms with Crippen molar-refractivity contribution >= 4 is 33.5 Å². The largest absolute Gasteiger partial charge is 0.465 e. The zero-order chi connectivity index (χ0) is 14.0. The highest BCUT2D eigenvalue weighted by Gasteiger charge is 2.33. The number of amides is 1. The molecule has 0 spiro atoms. The third-order valence-electron chi connectivity index (χ3n) is 3.34. The second-order valence-electron chi connectivity index (χ2n) is 4.69. The van der Waals surface area contributed by atoms with Crippen LogP contribution in [0.25, 0.3) is 0 Å². The van der Waals surface area contributed by atoms with Gasteiger partial charge >= 0.3 is 5.97 Å². The highest BCUT2D eigenvalue weighted by molar-refractivity contribution is 9.09. The molecule has 1 aromatic rings. The molecule has 1 heterocycles. The van der Waals surface area contributed by atoms with Gasteiger partial charge in [0.1, 0.15) is 0 Å². The molecule has 0 aromatic heterocycles. The molecule has 0 saturated carbocycles. The number of alkyl halides is 1. The number of benzene rings is 1. The highest BCUT2D eigenvalue weighted by Crippen LogP contribution is 2.32. The summed E-state index contributed by atoms with van der Waals surface area (Å²) in [6.07, 6.45) is 0.514. The zero-order valence-electron chi connectivity index (χ0n) is 11.0. The number of halogens is 1. The Morgan fingerprint density at radius 2 is 2.26 bits per heavy atom. The third kappa shape index (κ3) is 2.66. The van der Waals surface area contributed by atoms with E-state index in [9.17, 15) is 9.59 Å². The molecule has 5 heteroatoms. The minimum atomic E-state index is -0.409. The Kier molecular flexibility index (Phi) is 4.24. The minimum Gasteiger partial charge on any atom is -0.465 e. The first-order valence-corrected chi connectivity index (χ1v) is 7.25. The van der Waals surface area contributed by atoms with E-state index in [1.54, 1.807) is 17.0 Å². The molecule has 0 bridgehead atoms. The summed E-state index contributed by atoms with van der Waals surface area (Å²) in [4.78, 5) is 25.6. The number of aryl methyl sites for hydroxylation is 1. The lowest BCUT2D eigenvalue weighted by Gasteiger charge is -2.21. The number of carbonyl (C=O) groups is 2. The second-order valence-corrected chi connectivity index (χ2v) is 5.34. The van der Waals surface area contributed by atoms with Crippen LogP contribution >= 0.6 is 15.9 Å². The number of ether oxygens (including phenoxy) is 1. The van der Waals surface area contributed by atoms with Gasteiger partial charge in [0.05, 0.1) is 18.4 Å². The van der Waals surface area contributed by atoms with Gasteiger partial charge in [-0.15, -0.1) is 0 Å². The molecule has 0 N–H and O–H groups in total. The molecule has 4 nitrogen and oxygen atoms in total. The molecule has 1 atom stereocenters. The van der Waals surface area contributed by atoms with E-state index in [0.29, 0.717) is 24.2 Å².